The zero-order valence-corrected chi connectivity index (χ0v) is 25.9. The highest BCUT2D eigenvalue weighted by molar-refractivity contribution is 7.92. The number of anilines is 1. The van der Waals surface area contributed by atoms with Crippen molar-refractivity contribution in [2.75, 3.05) is 17.1 Å². The number of hydrogen-bond acceptors (Lipinski definition) is 4. The number of rotatable bonds is 14. The van der Waals surface area contributed by atoms with E-state index in [2.05, 4.69) is 5.32 Å². The highest BCUT2D eigenvalue weighted by atomic mass is 35.5. The highest BCUT2D eigenvalue weighted by Crippen LogP contribution is 2.28. The number of benzene rings is 3. The van der Waals surface area contributed by atoms with Crippen molar-refractivity contribution < 1.29 is 18.0 Å². The van der Waals surface area contributed by atoms with Crippen LogP contribution in [-0.4, -0.2) is 50.0 Å². The van der Waals surface area contributed by atoms with Gasteiger partial charge in [-0.25, -0.2) is 8.42 Å². The van der Waals surface area contributed by atoms with E-state index in [9.17, 15) is 18.0 Å². The molecule has 2 atom stereocenters. The van der Waals surface area contributed by atoms with Gasteiger partial charge in [0.1, 0.15) is 6.04 Å². The lowest BCUT2D eigenvalue weighted by Gasteiger charge is -2.33. The van der Waals surface area contributed by atoms with Crippen LogP contribution in [-0.2, 0) is 32.6 Å². The third-order valence-corrected chi connectivity index (χ3v) is 8.76. The molecular formula is C31H37Cl2N3O4S. The third kappa shape index (κ3) is 9.48. The maximum Gasteiger partial charge on any atom is 0.243 e. The summed E-state index contributed by atoms with van der Waals surface area (Å²) in [6.45, 7) is 4.02. The van der Waals surface area contributed by atoms with Crippen LogP contribution < -0.4 is 9.62 Å². The molecule has 0 spiro atoms. The first-order valence-electron chi connectivity index (χ1n) is 13.6. The molecule has 0 saturated heterocycles. The van der Waals surface area contributed by atoms with Gasteiger partial charge in [-0.05, 0) is 49.6 Å². The molecule has 0 aliphatic carbocycles. The van der Waals surface area contributed by atoms with Gasteiger partial charge in [-0.2, -0.15) is 0 Å². The molecule has 0 saturated carbocycles. The largest absolute Gasteiger partial charge is 0.352 e. The van der Waals surface area contributed by atoms with Crippen molar-refractivity contribution in [3.63, 3.8) is 0 Å². The molecule has 41 heavy (non-hydrogen) atoms. The lowest BCUT2D eigenvalue weighted by atomic mass is 10.0. The fourth-order valence-corrected chi connectivity index (χ4v) is 5.93. The number of nitrogens with zero attached hydrogens (tertiary/aromatic N) is 2. The summed E-state index contributed by atoms with van der Waals surface area (Å²) in [5.74, 6) is -0.579. The van der Waals surface area contributed by atoms with Crippen molar-refractivity contribution in [2.45, 2.75) is 58.2 Å². The first-order chi connectivity index (χ1) is 19.5. The maximum absolute atomic E-state index is 13.9. The lowest BCUT2D eigenvalue weighted by molar-refractivity contribution is -0.141. The predicted molar refractivity (Wildman–Crippen MR) is 167 cm³/mol. The topological polar surface area (TPSA) is 86.8 Å². The monoisotopic (exact) mass is 617 g/mol. The van der Waals surface area contributed by atoms with E-state index in [1.54, 1.807) is 42.5 Å². The summed E-state index contributed by atoms with van der Waals surface area (Å²) in [6, 6.07) is 22.4. The molecule has 0 aliphatic heterocycles. The second kappa shape index (κ2) is 15.2. The van der Waals surface area contributed by atoms with Gasteiger partial charge in [-0.1, -0.05) is 84.7 Å². The van der Waals surface area contributed by atoms with E-state index in [0.29, 0.717) is 21.3 Å². The van der Waals surface area contributed by atoms with E-state index in [-0.39, 0.29) is 50.2 Å². The summed E-state index contributed by atoms with van der Waals surface area (Å²) in [7, 11) is -3.57. The Labute approximate surface area is 253 Å². The van der Waals surface area contributed by atoms with Crippen LogP contribution in [0.2, 0.25) is 10.0 Å². The van der Waals surface area contributed by atoms with Crippen LogP contribution in [0.5, 0.6) is 0 Å². The normalized spacial score (nSPS) is 12.8. The number of amides is 2. The van der Waals surface area contributed by atoms with E-state index in [0.717, 1.165) is 18.2 Å². The second-order valence-corrected chi connectivity index (χ2v) is 12.7. The van der Waals surface area contributed by atoms with Gasteiger partial charge in [-0.15, -0.1) is 0 Å². The smallest absolute Gasteiger partial charge is 0.243 e. The van der Waals surface area contributed by atoms with Crippen LogP contribution in [0, 0.1) is 0 Å². The van der Waals surface area contributed by atoms with Gasteiger partial charge in [0.25, 0.3) is 0 Å². The quantitative estimate of drug-likeness (QED) is 0.237. The number of carbonyl (C=O) groups is 2. The summed E-state index contributed by atoms with van der Waals surface area (Å²) in [5.41, 5.74) is 1.96. The van der Waals surface area contributed by atoms with Gasteiger partial charge in [0, 0.05) is 47.6 Å². The Hall–Kier alpha value is -3.07. The Bertz CT molecular complexity index is 1390. The molecule has 2 amide bonds. The molecule has 7 nitrogen and oxygen atoms in total. The number of hydrogen-bond donors (Lipinski definition) is 1. The molecular weight excluding hydrogens is 581 g/mol. The Balaban J connectivity index is 1.93. The van der Waals surface area contributed by atoms with Crippen molar-refractivity contribution in [1.29, 1.82) is 0 Å². The van der Waals surface area contributed by atoms with E-state index in [1.165, 1.54) is 9.21 Å². The van der Waals surface area contributed by atoms with E-state index >= 15 is 0 Å². The summed E-state index contributed by atoms with van der Waals surface area (Å²) in [6.07, 6.45) is 2.43. The third-order valence-electron chi connectivity index (χ3n) is 6.86. The van der Waals surface area contributed by atoms with Crippen LogP contribution in [0.3, 0.4) is 0 Å². The van der Waals surface area contributed by atoms with Crippen molar-refractivity contribution >= 4 is 50.7 Å². The molecule has 0 aromatic heterocycles. The molecule has 0 unspecified atom stereocenters. The van der Waals surface area contributed by atoms with Gasteiger partial charge in [-0.3, -0.25) is 13.9 Å². The molecule has 0 heterocycles. The lowest BCUT2D eigenvalue weighted by Crippen LogP contribution is -2.52. The Morgan fingerprint density at radius 2 is 1.49 bits per heavy atom. The number of sulfonamides is 1. The second-order valence-electron chi connectivity index (χ2n) is 10.0. The van der Waals surface area contributed by atoms with Crippen molar-refractivity contribution in [3.8, 4) is 0 Å². The maximum atomic E-state index is 13.9. The van der Waals surface area contributed by atoms with Crippen LogP contribution in [0.25, 0.3) is 0 Å². The molecule has 3 rings (SSSR count). The minimum absolute atomic E-state index is 0.0167. The van der Waals surface area contributed by atoms with Gasteiger partial charge < -0.3 is 10.2 Å². The van der Waals surface area contributed by atoms with Crippen molar-refractivity contribution in [1.82, 2.24) is 10.2 Å². The van der Waals surface area contributed by atoms with E-state index in [1.807, 2.05) is 50.2 Å². The van der Waals surface area contributed by atoms with Crippen LogP contribution in [0.1, 0.15) is 44.2 Å². The van der Waals surface area contributed by atoms with Crippen molar-refractivity contribution in [3.05, 3.63) is 100 Å². The minimum Gasteiger partial charge on any atom is -0.352 e. The zero-order valence-electron chi connectivity index (χ0n) is 23.6. The average molecular weight is 619 g/mol. The Kier molecular flexibility index (Phi) is 12.1. The molecule has 0 aliphatic rings. The van der Waals surface area contributed by atoms with Gasteiger partial charge >= 0.3 is 0 Å². The fraction of sp³-hybridized carbons (Fsp3) is 0.355. The van der Waals surface area contributed by atoms with Gasteiger partial charge in [0.15, 0.2) is 0 Å². The first kappa shape index (κ1) is 32.4. The standard InChI is InChI=1S/C31H37Cl2N3O4S/c1-4-23(2)34-31(38)29(21-24-13-7-5-8-14-24)35(22-26-27(32)17-11-18-28(26)33)30(37)19-12-20-36(41(3,39)40)25-15-9-6-10-16-25/h5-11,13-18,23,29H,4,12,19-22H2,1-3H3,(H,34,38)/t23-,29-/m1/s1. The highest BCUT2D eigenvalue weighted by Gasteiger charge is 2.32. The Morgan fingerprint density at radius 1 is 0.902 bits per heavy atom. The average Bonchev–Trinajstić information content (AvgIpc) is 2.94. The fourth-order valence-electron chi connectivity index (χ4n) is 4.45. The molecule has 220 valence electrons. The molecule has 1 N–H and O–H groups in total. The van der Waals surface area contributed by atoms with E-state index < -0.39 is 16.1 Å². The van der Waals surface area contributed by atoms with Gasteiger partial charge in [0.05, 0.1) is 11.9 Å². The summed E-state index contributed by atoms with van der Waals surface area (Å²) in [5, 5.41) is 3.81. The molecule has 0 fully saturated rings. The summed E-state index contributed by atoms with van der Waals surface area (Å²) < 4.78 is 26.4. The minimum atomic E-state index is -3.57. The SMILES string of the molecule is CC[C@@H](C)NC(=O)[C@@H](Cc1ccccc1)N(Cc1c(Cl)cccc1Cl)C(=O)CCCN(c1ccccc1)S(C)(=O)=O. The Morgan fingerprint density at radius 3 is 2.05 bits per heavy atom. The summed E-state index contributed by atoms with van der Waals surface area (Å²) >= 11 is 13.0. The first-order valence-corrected chi connectivity index (χ1v) is 16.2. The number of carbonyl (C=O) groups excluding carboxylic acids is 2. The summed E-state index contributed by atoms with van der Waals surface area (Å²) in [4.78, 5) is 29.1. The number of nitrogens with one attached hydrogen (secondary N) is 1. The van der Waals surface area contributed by atoms with Crippen LogP contribution >= 0.6 is 23.2 Å². The molecule has 10 heteroatoms. The van der Waals surface area contributed by atoms with Gasteiger partial charge in [0.2, 0.25) is 21.8 Å². The van der Waals surface area contributed by atoms with Crippen LogP contribution in [0.4, 0.5) is 5.69 Å². The van der Waals surface area contributed by atoms with Crippen LogP contribution in [0.15, 0.2) is 78.9 Å². The number of halogens is 2. The molecule has 3 aromatic rings. The molecule has 3 aromatic carbocycles. The zero-order chi connectivity index (χ0) is 30.0. The predicted octanol–water partition coefficient (Wildman–Crippen LogP) is 6.09. The molecule has 0 radical (unpaired) electrons. The van der Waals surface area contributed by atoms with E-state index in [4.69, 9.17) is 23.2 Å². The van der Waals surface area contributed by atoms with Crippen molar-refractivity contribution in [2.24, 2.45) is 0 Å². The number of para-hydroxylation sites is 1. The molecule has 0 bridgehead atoms.